The minimum Gasteiger partial charge on any atom is -0.482 e. The highest BCUT2D eigenvalue weighted by molar-refractivity contribution is 9.10. The molecule has 0 unspecified atom stereocenters. The molecule has 134 valence electrons. The summed E-state index contributed by atoms with van der Waals surface area (Å²) in [5, 5.41) is 0.665. The summed E-state index contributed by atoms with van der Waals surface area (Å²) in [6, 6.07) is 11.1. The molecule has 0 fully saturated rings. The van der Waals surface area contributed by atoms with Crippen LogP contribution in [0.2, 0.25) is 0 Å². The number of amides is 1. The number of nitrogens with zero attached hydrogens (tertiary/aromatic N) is 1. The van der Waals surface area contributed by atoms with Gasteiger partial charge in [0.15, 0.2) is 6.61 Å². The third kappa shape index (κ3) is 3.12. The Hall–Kier alpha value is -2.60. The molecule has 6 heteroatoms. The van der Waals surface area contributed by atoms with Crippen molar-refractivity contribution in [1.82, 2.24) is 4.57 Å². The van der Waals surface area contributed by atoms with Gasteiger partial charge >= 0.3 is 0 Å². The van der Waals surface area contributed by atoms with Crippen molar-refractivity contribution >= 4 is 38.6 Å². The minimum atomic E-state index is -0.553. The van der Waals surface area contributed by atoms with Gasteiger partial charge in [0, 0.05) is 11.1 Å². The fourth-order valence-corrected chi connectivity index (χ4v) is 4.07. The highest BCUT2D eigenvalue weighted by Gasteiger charge is 2.22. The van der Waals surface area contributed by atoms with E-state index in [2.05, 4.69) is 15.9 Å². The van der Waals surface area contributed by atoms with Gasteiger partial charge in [0.1, 0.15) is 5.75 Å². The van der Waals surface area contributed by atoms with Crippen LogP contribution in [0.1, 0.15) is 32.0 Å². The lowest BCUT2D eigenvalue weighted by molar-refractivity contribution is 0.0840. The van der Waals surface area contributed by atoms with Crippen molar-refractivity contribution in [3.05, 3.63) is 63.3 Å². The third-order valence-electron chi connectivity index (χ3n) is 4.32. The molecule has 5 nitrogen and oxygen atoms in total. The molecule has 0 bridgehead atoms. The van der Waals surface area contributed by atoms with Crippen molar-refractivity contribution in [2.24, 2.45) is 5.73 Å². The number of carbonyl (C=O) groups is 2. The Bertz CT molecular complexity index is 1010. The van der Waals surface area contributed by atoms with Gasteiger partial charge in [0.05, 0.1) is 15.6 Å². The summed E-state index contributed by atoms with van der Waals surface area (Å²) in [5.41, 5.74) is 9.08. The zero-order chi connectivity index (χ0) is 19.0. The first kappa shape index (κ1) is 18.2. The zero-order valence-electron chi connectivity index (χ0n) is 14.8. The number of hydrogen-bond acceptors (Lipinski definition) is 3. The highest BCUT2D eigenvalue weighted by atomic mass is 79.9. The number of ether oxygens (including phenoxy) is 1. The number of hydrogen-bond donors (Lipinski definition) is 1. The lowest BCUT2D eigenvalue weighted by atomic mass is 10.1. The van der Waals surface area contributed by atoms with Gasteiger partial charge in [0.2, 0.25) is 0 Å². The van der Waals surface area contributed by atoms with Crippen LogP contribution in [0, 0.1) is 20.8 Å². The van der Waals surface area contributed by atoms with Crippen LogP contribution in [0.4, 0.5) is 0 Å². The Labute approximate surface area is 159 Å². The molecular formula is C20H19BrN2O3. The molecule has 0 spiro atoms. The molecule has 1 aromatic heterocycles. The number of benzene rings is 2. The summed E-state index contributed by atoms with van der Waals surface area (Å²) in [6.45, 7) is 5.48. The number of aromatic nitrogens is 1. The van der Waals surface area contributed by atoms with Crippen LogP contribution in [0.15, 0.2) is 40.9 Å². The summed E-state index contributed by atoms with van der Waals surface area (Å²) in [7, 11) is 0. The van der Waals surface area contributed by atoms with Crippen molar-refractivity contribution in [2.75, 3.05) is 6.61 Å². The molecule has 0 saturated heterocycles. The molecule has 0 aliphatic heterocycles. The summed E-state index contributed by atoms with van der Waals surface area (Å²) in [4.78, 5) is 24.7. The van der Waals surface area contributed by atoms with E-state index >= 15 is 0 Å². The quantitative estimate of drug-likeness (QED) is 0.696. The Kier molecular flexibility index (Phi) is 4.87. The van der Waals surface area contributed by atoms with Gasteiger partial charge in [-0.25, -0.2) is 0 Å². The second-order valence-electron chi connectivity index (χ2n) is 6.25. The Morgan fingerprint density at radius 1 is 1.15 bits per heavy atom. The number of rotatable bonds is 4. The first-order valence-electron chi connectivity index (χ1n) is 8.14. The van der Waals surface area contributed by atoms with E-state index in [9.17, 15) is 9.59 Å². The fourth-order valence-electron chi connectivity index (χ4n) is 3.28. The first-order valence-corrected chi connectivity index (χ1v) is 8.93. The largest absolute Gasteiger partial charge is 0.482 e. The lowest BCUT2D eigenvalue weighted by Gasteiger charge is -2.13. The molecule has 1 heterocycles. The third-order valence-corrected chi connectivity index (χ3v) is 4.91. The average Bonchev–Trinajstić information content (AvgIpc) is 2.85. The van der Waals surface area contributed by atoms with E-state index in [1.165, 1.54) is 4.57 Å². The molecule has 0 atom stereocenters. The molecule has 2 aromatic carbocycles. The molecule has 0 aliphatic rings. The smallest absolute Gasteiger partial charge is 0.269 e. The summed E-state index contributed by atoms with van der Waals surface area (Å²) < 4.78 is 8.07. The van der Waals surface area contributed by atoms with Gasteiger partial charge in [-0.2, -0.15) is 0 Å². The second kappa shape index (κ2) is 6.96. The van der Waals surface area contributed by atoms with Gasteiger partial charge in [-0.05, 0) is 60.0 Å². The lowest BCUT2D eigenvalue weighted by Crippen LogP contribution is -2.21. The van der Waals surface area contributed by atoms with Crippen LogP contribution in [0.25, 0.3) is 10.9 Å². The highest BCUT2D eigenvalue weighted by Crippen LogP contribution is 2.30. The van der Waals surface area contributed by atoms with E-state index in [4.69, 9.17) is 10.5 Å². The molecule has 0 aliphatic carbocycles. The topological polar surface area (TPSA) is 74.3 Å². The maximum atomic E-state index is 12.8. The average molecular weight is 415 g/mol. The summed E-state index contributed by atoms with van der Waals surface area (Å²) in [5.74, 6) is -0.186. The fraction of sp³-hybridized carbons (Fsp3) is 0.200. The van der Waals surface area contributed by atoms with Gasteiger partial charge in [-0.15, -0.1) is 0 Å². The molecule has 3 aromatic rings. The van der Waals surface area contributed by atoms with Crippen molar-refractivity contribution in [2.45, 2.75) is 20.8 Å². The van der Waals surface area contributed by atoms with Crippen LogP contribution in [0.5, 0.6) is 5.75 Å². The van der Waals surface area contributed by atoms with E-state index in [0.29, 0.717) is 27.9 Å². The number of aryl methyl sites for hydroxylation is 2. The zero-order valence-corrected chi connectivity index (χ0v) is 16.4. The van der Waals surface area contributed by atoms with Crippen molar-refractivity contribution < 1.29 is 14.3 Å². The Morgan fingerprint density at radius 2 is 1.85 bits per heavy atom. The van der Waals surface area contributed by atoms with Crippen LogP contribution < -0.4 is 10.5 Å². The van der Waals surface area contributed by atoms with E-state index in [0.717, 1.165) is 15.6 Å². The van der Waals surface area contributed by atoms with E-state index in [1.807, 2.05) is 38.1 Å². The predicted molar refractivity (Wildman–Crippen MR) is 105 cm³/mol. The Morgan fingerprint density at radius 3 is 2.50 bits per heavy atom. The molecule has 2 N–H and O–H groups in total. The van der Waals surface area contributed by atoms with Crippen LogP contribution in [-0.4, -0.2) is 23.0 Å². The maximum Gasteiger partial charge on any atom is 0.269 e. The monoisotopic (exact) mass is 414 g/mol. The van der Waals surface area contributed by atoms with Crippen molar-refractivity contribution in [1.29, 1.82) is 0 Å². The SMILES string of the molecule is Cc1cc(C)c(OCC(=O)n2c(C)c(C(N)=O)c3ccccc32)c(Br)c1. The molecule has 1 amide bonds. The molecular weight excluding hydrogens is 396 g/mol. The predicted octanol–water partition coefficient (Wildman–Crippen LogP) is 4.15. The second-order valence-corrected chi connectivity index (χ2v) is 7.11. The summed E-state index contributed by atoms with van der Waals surface area (Å²) >= 11 is 3.48. The van der Waals surface area contributed by atoms with E-state index in [-0.39, 0.29) is 12.5 Å². The summed E-state index contributed by atoms with van der Waals surface area (Å²) in [6.07, 6.45) is 0. The molecule has 3 rings (SSSR count). The number of fused-ring (bicyclic) bond motifs is 1. The molecule has 0 saturated carbocycles. The number of para-hydroxylation sites is 1. The van der Waals surface area contributed by atoms with Crippen LogP contribution in [-0.2, 0) is 0 Å². The van der Waals surface area contributed by atoms with Crippen molar-refractivity contribution in [3.63, 3.8) is 0 Å². The van der Waals surface area contributed by atoms with Crippen LogP contribution >= 0.6 is 15.9 Å². The van der Waals surface area contributed by atoms with Gasteiger partial charge in [-0.1, -0.05) is 24.3 Å². The van der Waals surface area contributed by atoms with E-state index < -0.39 is 5.91 Å². The van der Waals surface area contributed by atoms with E-state index in [1.54, 1.807) is 19.1 Å². The standard InChI is InChI=1S/C20H19BrN2O3/c1-11-8-12(2)19(15(21)9-11)26-10-17(24)23-13(3)18(20(22)25)14-6-4-5-7-16(14)23/h4-9H,10H2,1-3H3,(H2,22,25). The van der Waals surface area contributed by atoms with Crippen LogP contribution in [0.3, 0.4) is 0 Å². The van der Waals surface area contributed by atoms with Gasteiger partial charge < -0.3 is 10.5 Å². The van der Waals surface area contributed by atoms with Gasteiger partial charge in [-0.3, -0.25) is 14.2 Å². The number of carbonyl (C=O) groups excluding carboxylic acids is 2. The number of nitrogens with two attached hydrogens (primary N) is 1. The molecule has 0 radical (unpaired) electrons. The Balaban J connectivity index is 1.97. The first-order chi connectivity index (χ1) is 12.3. The van der Waals surface area contributed by atoms with Gasteiger partial charge in [0.25, 0.3) is 11.8 Å². The normalized spacial score (nSPS) is 10.9. The maximum absolute atomic E-state index is 12.8. The molecule has 26 heavy (non-hydrogen) atoms. The number of halogens is 1. The minimum absolute atomic E-state index is 0.153. The van der Waals surface area contributed by atoms with Crippen molar-refractivity contribution in [3.8, 4) is 5.75 Å². The number of primary amides is 1.